The molecule has 0 aliphatic carbocycles. The first-order chi connectivity index (χ1) is 7.72. The summed E-state index contributed by atoms with van der Waals surface area (Å²) in [4.78, 5) is 11.7. The molecule has 86 valence electrons. The van der Waals surface area contributed by atoms with Gasteiger partial charge in [-0.25, -0.2) is 0 Å². The molecular formula is C12H15NO3. The van der Waals surface area contributed by atoms with Crippen molar-refractivity contribution in [1.82, 2.24) is 0 Å². The molecule has 0 amide bonds. The predicted octanol–water partition coefficient (Wildman–Crippen LogP) is 1.85. The number of aromatic hydroxyl groups is 1. The Balaban J connectivity index is 2.42. The van der Waals surface area contributed by atoms with Crippen molar-refractivity contribution in [3.05, 3.63) is 23.8 Å². The van der Waals surface area contributed by atoms with Crippen LogP contribution in [0.1, 0.15) is 24.3 Å². The fourth-order valence-electron chi connectivity index (χ4n) is 2.07. The molecule has 0 saturated heterocycles. The van der Waals surface area contributed by atoms with E-state index in [1.807, 2.05) is 0 Å². The predicted molar refractivity (Wildman–Crippen MR) is 60.6 cm³/mol. The number of phenolic OH excluding ortho intramolecular Hbond substituents is 1. The van der Waals surface area contributed by atoms with E-state index < -0.39 is 0 Å². The zero-order valence-corrected chi connectivity index (χ0v) is 9.19. The van der Waals surface area contributed by atoms with Crippen LogP contribution in [0, 0.1) is 0 Å². The molecule has 4 nitrogen and oxygen atoms in total. The van der Waals surface area contributed by atoms with Gasteiger partial charge in [-0.2, -0.15) is 0 Å². The van der Waals surface area contributed by atoms with Gasteiger partial charge in [0.05, 0.1) is 13.0 Å². The SMILES string of the molecule is COC(=O)C1CCCNc2ccc(O)cc21. The van der Waals surface area contributed by atoms with Gasteiger partial charge >= 0.3 is 5.97 Å². The average molecular weight is 221 g/mol. The average Bonchev–Trinajstić information content (AvgIpc) is 2.50. The summed E-state index contributed by atoms with van der Waals surface area (Å²) in [6.45, 7) is 0.839. The quantitative estimate of drug-likeness (QED) is 0.561. The number of methoxy groups -OCH3 is 1. The summed E-state index contributed by atoms with van der Waals surface area (Å²) in [6, 6.07) is 5.05. The van der Waals surface area contributed by atoms with Crippen molar-refractivity contribution in [3.8, 4) is 5.75 Å². The molecular weight excluding hydrogens is 206 g/mol. The summed E-state index contributed by atoms with van der Waals surface area (Å²) < 4.78 is 4.79. The van der Waals surface area contributed by atoms with Crippen molar-refractivity contribution >= 4 is 11.7 Å². The lowest BCUT2D eigenvalue weighted by Gasteiger charge is -2.15. The molecule has 0 aromatic heterocycles. The fourth-order valence-corrected chi connectivity index (χ4v) is 2.07. The molecule has 0 radical (unpaired) electrons. The van der Waals surface area contributed by atoms with E-state index in [-0.39, 0.29) is 17.6 Å². The van der Waals surface area contributed by atoms with Crippen LogP contribution in [0.5, 0.6) is 5.75 Å². The van der Waals surface area contributed by atoms with E-state index in [0.717, 1.165) is 30.6 Å². The van der Waals surface area contributed by atoms with Crippen LogP contribution in [0.25, 0.3) is 0 Å². The van der Waals surface area contributed by atoms with Crippen LogP contribution < -0.4 is 5.32 Å². The molecule has 4 heteroatoms. The molecule has 1 unspecified atom stereocenters. The third-order valence-corrected chi connectivity index (χ3v) is 2.88. The number of esters is 1. The van der Waals surface area contributed by atoms with Crippen LogP contribution in [0.2, 0.25) is 0 Å². The molecule has 1 heterocycles. The summed E-state index contributed by atoms with van der Waals surface area (Å²) in [5, 5.41) is 12.7. The molecule has 2 N–H and O–H groups in total. The van der Waals surface area contributed by atoms with Gasteiger partial charge in [0.15, 0.2) is 0 Å². The van der Waals surface area contributed by atoms with Crippen LogP contribution in [-0.2, 0) is 9.53 Å². The van der Waals surface area contributed by atoms with E-state index in [1.165, 1.54) is 7.11 Å². The van der Waals surface area contributed by atoms with E-state index in [0.29, 0.717) is 0 Å². The maximum atomic E-state index is 11.7. The topological polar surface area (TPSA) is 58.6 Å². The first-order valence-corrected chi connectivity index (χ1v) is 5.37. The maximum Gasteiger partial charge on any atom is 0.313 e. The number of phenols is 1. The summed E-state index contributed by atoms with van der Waals surface area (Å²) in [5.74, 6) is -0.339. The van der Waals surface area contributed by atoms with E-state index in [9.17, 15) is 9.90 Å². The number of hydrogen-bond acceptors (Lipinski definition) is 4. The molecule has 1 aromatic rings. The number of hydrogen-bond donors (Lipinski definition) is 2. The van der Waals surface area contributed by atoms with Crippen LogP contribution in [0.3, 0.4) is 0 Å². The van der Waals surface area contributed by atoms with Crippen LogP contribution >= 0.6 is 0 Å². The van der Waals surface area contributed by atoms with Gasteiger partial charge in [-0.15, -0.1) is 0 Å². The molecule has 0 fully saturated rings. The molecule has 0 spiro atoms. The summed E-state index contributed by atoms with van der Waals surface area (Å²) >= 11 is 0. The minimum atomic E-state index is -0.276. The second-order valence-corrected chi connectivity index (χ2v) is 3.92. The molecule has 1 atom stereocenters. The van der Waals surface area contributed by atoms with Crippen molar-refractivity contribution in [2.45, 2.75) is 18.8 Å². The number of fused-ring (bicyclic) bond motifs is 1. The van der Waals surface area contributed by atoms with Gasteiger partial charge in [0.2, 0.25) is 0 Å². The lowest BCUT2D eigenvalue weighted by atomic mass is 9.94. The van der Waals surface area contributed by atoms with Gasteiger partial charge in [-0.1, -0.05) is 0 Å². The number of carbonyl (C=O) groups is 1. The summed E-state index contributed by atoms with van der Waals surface area (Å²) in [7, 11) is 1.39. The van der Waals surface area contributed by atoms with Crippen LogP contribution in [0.15, 0.2) is 18.2 Å². The highest BCUT2D eigenvalue weighted by molar-refractivity contribution is 5.81. The molecule has 0 bridgehead atoms. The molecule has 1 aliphatic heterocycles. The minimum absolute atomic E-state index is 0.177. The largest absolute Gasteiger partial charge is 0.508 e. The second-order valence-electron chi connectivity index (χ2n) is 3.92. The van der Waals surface area contributed by atoms with Gasteiger partial charge in [0, 0.05) is 12.2 Å². The van der Waals surface area contributed by atoms with Crippen molar-refractivity contribution in [1.29, 1.82) is 0 Å². The first-order valence-electron chi connectivity index (χ1n) is 5.37. The van der Waals surface area contributed by atoms with Crippen LogP contribution in [-0.4, -0.2) is 24.7 Å². The monoisotopic (exact) mass is 221 g/mol. The Kier molecular flexibility index (Phi) is 2.99. The first kappa shape index (κ1) is 10.8. The van der Waals surface area contributed by atoms with Crippen molar-refractivity contribution < 1.29 is 14.6 Å². The zero-order chi connectivity index (χ0) is 11.5. The number of ether oxygens (including phenoxy) is 1. The number of carbonyl (C=O) groups excluding carboxylic acids is 1. The Bertz CT molecular complexity index is 403. The molecule has 0 saturated carbocycles. The third-order valence-electron chi connectivity index (χ3n) is 2.88. The Morgan fingerprint density at radius 2 is 2.38 bits per heavy atom. The van der Waals surface area contributed by atoms with Gasteiger partial charge in [-0.3, -0.25) is 4.79 Å². The molecule has 2 rings (SSSR count). The van der Waals surface area contributed by atoms with Crippen LogP contribution in [0.4, 0.5) is 5.69 Å². The normalized spacial score (nSPS) is 19.2. The van der Waals surface area contributed by atoms with Crippen molar-refractivity contribution in [2.75, 3.05) is 19.0 Å². The molecule has 1 aliphatic rings. The summed E-state index contributed by atoms with van der Waals surface area (Å²) in [5.41, 5.74) is 1.73. The molecule has 1 aromatic carbocycles. The lowest BCUT2D eigenvalue weighted by Crippen LogP contribution is -2.13. The fraction of sp³-hybridized carbons (Fsp3) is 0.417. The summed E-state index contributed by atoms with van der Waals surface area (Å²) in [6.07, 6.45) is 1.66. The van der Waals surface area contributed by atoms with E-state index in [2.05, 4.69) is 5.32 Å². The Morgan fingerprint density at radius 1 is 1.56 bits per heavy atom. The van der Waals surface area contributed by atoms with Gasteiger partial charge < -0.3 is 15.2 Å². The third kappa shape index (κ3) is 1.96. The standard InChI is InChI=1S/C12H15NO3/c1-16-12(15)9-3-2-6-13-11-5-4-8(14)7-10(9)11/h4-5,7,9,13-14H,2-3,6H2,1H3. The maximum absolute atomic E-state index is 11.7. The highest BCUT2D eigenvalue weighted by Gasteiger charge is 2.26. The van der Waals surface area contributed by atoms with Gasteiger partial charge in [0.1, 0.15) is 5.75 Å². The highest BCUT2D eigenvalue weighted by Crippen LogP contribution is 2.34. The van der Waals surface area contributed by atoms with E-state index >= 15 is 0 Å². The second kappa shape index (κ2) is 4.43. The highest BCUT2D eigenvalue weighted by atomic mass is 16.5. The van der Waals surface area contributed by atoms with E-state index in [1.54, 1.807) is 18.2 Å². The smallest absolute Gasteiger partial charge is 0.313 e. The zero-order valence-electron chi connectivity index (χ0n) is 9.19. The number of nitrogens with one attached hydrogen (secondary N) is 1. The van der Waals surface area contributed by atoms with Gasteiger partial charge in [0.25, 0.3) is 0 Å². The Morgan fingerprint density at radius 3 is 3.12 bits per heavy atom. The number of benzene rings is 1. The van der Waals surface area contributed by atoms with E-state index in [4.69, 9.17) is 4.74 Å². The lowest BCUT2D eigenvalue weighted by molar-refractivity contribution is -0.142. The Hall–Kier alpha value is -1.71. The van der Waals surface area contributed by atoms with Crippen molar-refractivity contribution in [3.63, 3.8) is 0 Å². The van der Waals surface area contributed by atoms with Gasteiger partial charge in [-0.05, 0) is 36.6 Å². The minimum Gasteiger partial charge on any atom is -0.508 e. The number of anilines is 1. The van der Waals surface area contributed by atoms with Crippen molar-refractivity contribution in [2.24, 2.45) is 0 Å². The Labute approximate surface area is 94.2 Å². The number of rotatable bonds is 1. The molecule has 16 heavy (non-hydrogen) atoms.